The van der Waals surface area contributed by atoms with Crippen LogP contribution >= 0.6 is 0 Å². The zero-order chi connectivity index (χ0) is 9.14. The van der Waals surface area contributed by atoms with Gasteiger partial charge in [-0.1, -0.05) is 13.8 Å². The van der Waals surface area contributed by atoms with Crippen LogP contribution in [0.15, 0.2) is 0 Å². The summed E-state index contributed by atoms with van der Waals surface area (Å²) in [7, 11) is 0. The molecule has 1 N–H and O–H groups in total. The number of hydrogen-bond donors (Lipinski definition) is 1. The molecule has 0 radical (unpaired) electrons. The summed E-state index contributed by atoms with van der Waals surface area (Å²) >= 11 is 0. The first-order valence-electron chi connectivity index (χ1n) is 4.38. The monoisotopic (exact) mass is 169 g/mol. The first kappa shape index (κ1) is 9.50. The molecule has 0 spiro atoms. The third-order valence-corrected chi connectivity index (χ3v) is 2.26. The second kappa shape index (κ2) is 3.88. The third kappa shape index (κ3) is 1.96. The van der Waals surface area contributed by atoms with Crippen LogP contribution in [0.1, 0.15) is 26.7 Å². The van der Waals surface area contributed by atoms with Gasteiger partial charge in [0.1, 0.15) is 6.10 Å². The number of aliphatic hydroxyl groups excluding tert-OH is 1. The second-order valence-electron chi connectivity index (χ2n) is 3.60. The van der Waals surface area contributed by atoms with E-state index in [4.69, 9.17) is 10.00 Å². The molecule has 0 amide bonds. The van der Waals surface area contributed by atoms with E-state index < -0.39 is 6.10 Å². The molecule has 1 aliphatic heterocycles. The highest BCUT2D eigenvalue weighted by Crippen LogP contribution is 2.24. The average Bonchev–Trinajstić information content (AvgIpc) is 2.50. The van der Waals surface area contributed by atoms with Gasteiger partial charge in [0, 0.05) is 0 Å². The molecule has 3 heteroatoms. The molecule has 1 heterocycles. The number of nitrogens with zero attached hydrogens (tertiary/aromatic N) is 1. The summed E-state index contributed by atoms with van der Waals surface area (Å²) in [6.07, 6.45) is 0.698. The van der Waals surface area contributed by atoms with Crippen LogP contribution in [0.2, 0.25) is 0 Å². The second-order valence-corrected chi connectivity index (χ2v) is 3.60. The van der Waals surface area contributed by atoms with Crippen LogP contribution in [-0.2, 0) is 4.74 Å². The lowest BCUT2D eigenvalue weighted by Crippen LogP contribution is -2.30. The first-order valence-corrected chi connectivity index (χ1v) is 4.38. The molecule has 0 aromatic rings. The molecule has 3 nitrogen and oxygen atoms in total. The largest absolute Gasteiger partial charge is 0.390 e. The molecule has 12 heavy (non-hydrogen) atoms. The van der Waals surface area contributed by atoms with Gasteiger partial charge < -0.3 is 9.84 Å². The Bertz CT molecular complexity index is 185. The van der Waals surface area contributed by atoms with Crippen LogP contribution in [0.25, 0.3) is 0 Å². The van der Waals surface area contributed by atoms with E-state index in [2.05, 4.69) is 6.07 Å². The van der Waals surface area contributed by atoms with E-state index in [1.165, 1.54) is 0 Å². The van der Waals surface area contributed by atoms with E-state index >= 15 is 0 Å². The van der Waals surface area contributed by atoms with Gasteiger partial charge in [-0.25, -0.2) is 0 Å². The quantitative estimate of drug-likeness (QED) is 0.672. The minimum atomic E-state index is -0.427. The van der Waals surface area contributed by atoms with Crippen molar-refractivity contribution < 1.29 is 9.84 Å². The van der Waals surface area contributed by atoms with Crippen LogP contribution in [0.4, 0.5) is 0 Å². The number of aliphatic hydroxyl groups is 1. The fourth-order valence-corrected chi connectivity index (χ4v) is 1.44. The Morgan fingerprint density at radius 3 is 2.58 bits per heavy atom. The molecule has 1 fully saturated rings. The van der Waals surface area contributed by atoms with E-state index in [-0.39, 0.29) is 18.1 Å². The average molecular weight is 169 g/mol. The zero-order valence-electron chi connectivity index (χ0n) is 7.53. The maximum Gasteiger partial charge on any atom is 0.144 e. The summed E-state index contributed by atoms with van der Waals surface area (Å²) < 4.78 is 5.32. The molecule has 1 aliphatic rings. The van der Waals surface area contributed by atoms with Gasteiger partial charge in [-0.3, -0.25) is 0 Å². The summed E-state index contributed by atoms with van der Waals surface area (Å²) in [5.41, 5.74) is 0. The topological polar surface area (TPSA) is 53.2 Å². The Morgan fingerprint density at radius 2 is 2.17 bits per heavy atom. The van der Waals surface area contributed by atoms with Gasteiger partial charge in [0.25, 0.3) is 0 Å². The lowest BCUT2D eigenvalue weighted by atomic mass is 10.00. The summed E-state index contributed by atoms with van der Waals surface area (Å²) in [6.45, 7) is 3.90. The number of rotatable bonds is 2. The molecule has 0 unspecified atom stereocenters. The zero-order valence-corrected chi connectivity index (χ0v) is 7.53. The Labute approximate surface area is 73.0 Å². The number of ether oxygens (including phenoxy) is 1. The Balaban J connectivity index is 2.42. The molecule has 0 saturated carbocycles. The van der Waals surface area contributed by atoms with Gasteiger partial charge in [0.2, 0.25) is 0 Å². The predicted molar refractivity (Wildman–Crippen MR) is 44.4 cm³/mol. The summed E-state index contributed by atoms with van der Waals surface area (Å²) in [5.74, 6) is 0.201. The van der Waals surface area contributed by atoms with Gasteiger partial charge in [-0.2, -0.15) is 5.26 Å². The molecule has 0 bridgehead atoms. The van der Waals surface area contributed by atoms with Crippen molar-refractivity contribution in [3.63, 3.8) is 0 Å². The molecule has 3 atom stereocenters. The van der Waals surface area contributed by atoms with Crippen molar-refractivity contribution in [3.8, 4) is 6.07 Å². The van der Waals surface area contributed by atoms with Crippen molar-refractivity contribution in [2.75, 3.05) is 0 Å². The van der Waals surface area contributed by atoms with Gasteiger partial charge in [0.05, 0.1) is 18.3 Å². The fraction of sp³-hybridized carbons (Fsp3) is 0.889. The van der Waals surface area contributed by atoms with Crippen molar-refractivity contribution in [1.82, 2.24) is 0 Å². The van der Waals surface area contributed by atoms with Crippen molar-refractivity contribution in [2.45, 2.75) is 45.0 Å². The van der Waals surface area contributed by atoms with Crippen LogP contribution < -0.4 is 0 Å². The summed E-state index contributed by atoms with van der Waals surface area (Å²) in [6, 6.07) is 2.05. The molecule has 68 valence electrons. The summed E-state index contributed by atoms with van der Waals surface area (Å²) in [4.78, 5) is 0. The van der Waals surface area contributed by atoms with E-state index in [0.29, 0.717) is 0 Å². The predicted octanol–water partition coefficient (Wildman–Crippen LogP) is 1.07. The van der Waals surface area contributed by atoms with Crippen molar-refractivity contribution in [2.24, 2.45) is 5.92 Å². The van der Waals surface area contributed by atoms with E-state index in [0.717, 1.165) is 12.8 Å². The summed E-state index contributed by atoms with van der Waals surface area (Å²) in [5, 5.41) is 18.2. The lowest BCUT2D eigenvalue weighted by molar-refractivity contribution is -0.0386. The van der Waals surface area contributed by atoms with E-state index in [9.17, 15) is 5.11 Å². The number of hydrogen-bond acceptors (Lipinski definition) is 3. The minimum absolute atomic E-state index is 0.130. The molecule has 0 aliphatic carbocycles. The molecule has 1 rings (SSSR count). The highest BCUT2D eigenvalue weighted by molar-refractivity contribution is 4.92. The smallest absolute Gasteiger partial charge is 0.144 e. The van der Waals surface area contributed by atoms with Crippen LogP contribution in [0, 0.1) is 17.2 Å². The van der Waals surface area contributed by atoms with Crippen LogP contribution in [0.5, 0.6) is 0 Å². The third-order valence-electron chi connectivity index (χ3n) is 2.26. The van der Waals surface area contributed by atoms with Gasteiger partial charge in [-0.15, -0.1) is 0 Å². The highest BCUT2D eigenvalue weighted by atomic mass is 16.5. The molecular formula is C9H15NO2. The lowest BCUT2D eigenvalue weighted by Gasteiger charge is -2.20. The normalized spacial score (nSPS) is 31.9. The standard InChI is InChI=1S/C9H15NO2/c1-6(2)9(11)8-4-3-7(5-10)12-8/h6-9,11H,3-4H2,1-2H3/t7-,8-,9+/m1/s1. The SMILES string of the molecule is CC(C)[C@H](O)[C@H]1CC[C@H](C#N)O1. The van der Waals surface area contributed by atoms with Crippen molar-refractivity contribution in [3.05, 3.63) is 0 Å². The van der Waals surface area contributed by atoms with Crippen molar-refractivity contribution in [1.29, 1.82) is 5.26 Å². The molecule has 0 aromatic carbocycles. The van der Waals surface area contributed by atoms with Crippen LogP contribution in [-0.4, -0.2) is 23.4 Å². The Hall–Kier alpha value is -0.590. The Kier molecular flexibility index (Phi) is 3.07. The van der Waals surface area contributed by atoms with E-state index in [1.807, 2.05) is 13.8 Å². The molecule has 1 saturated heterocycles. The van der Waals surface area contributed by atoms with Crippen LogP contribution in [0.3, 0.4) is 0 Å². The van der Waals surface area contributed by atoms with Gasteiger partial charge in [-0.05, 0) is 18.8 Å². The molecule has 0 aromatic heterocycles. The van der Waals surface area contributed by atoms with E-state index in [1.54, 1.807) is 0 Å². The molecular weight excluding hydrogens is 154 g/mol. The minimum Gasteiger partial charge on any atom is -0.390 e. The first-order chi connectivity index (χ1) is 5.65. The van der Waals surface area contributed by atoms with Gasteiger partial charge >= 0.3 is 0 Å². The van der Waals surface area contributed by atoms with Gasteiger partial charge in [0.15, 0.2) is 0 Å². The van der Waals surface area contributed by atoms with Crippen molar-refractivity contribution >= 4 is 0 Å². The highest BCUT2D eigenvalue weighted by Gasteiger charge is 2.31. The Morgan fingerprint density at radius 1 is 1.50 bits per heavy atom. The maximum absolute atomic E-state index is 9.61. The maximum atomic E-state index is 9.61. The number of nitriles is 1. The fourth-order valence-electron chi connectivity index (χ4n) is 1.44.